The Labute approximate surface area is 57.5 Å². The van der Waals surface area contributed by atoms with Gasteiger partial charge in [-0.2, -0.15) is 0 Å². The van der Waals surface area contributed by atoms with Crippen molar-refractivity contribution >= 4 is 0 Å². The van der Waals surface area contributed by atoms with Crippen LogP contribution in [0.15, 0.2) is 0 Å². The normalized spacial score (nSPS) is 12.0. The smallest absolute Gasteiger partial charge is 0.0833 e. The van der Waals surface area contributed by atoms with Crippen LogP contribution in [-0.2, 0) is 4.84 Å². The van der Waals surface area contributed by atoms with E-state index in [9.17, 15) is 0 Å². The molecular weight excluding hydrogens is 114 g/mol. The first-order chi connectivity index (χ1) is 4.06. The zero-order chi connectivity index (χ0) is 7.33. The lowest BCUT2D eigenvalue weighted by molar-refractivity contribution is -0.0783. The van der Waals surface area contributed by atoms with Crippen LogP contribution in [-0.4, -0.2) is 12.1 Å². The minimum absolute atomic E-state index is 0.116. The van der Waals surface area contributed by atoms with E-state index in [0.717, 1.165) is 13.0 Å². The zero-order valence-corrected chi connectivity index (χ0v) is 6.77. The van der Waals surface area contributed by atoms with Crippen molar-refractivity contribution in [1.29, 1.82) is 0 Å². The van der Waals surface area contributed by atoms with E-state index in [2.05, 4.69) is 12.4 Å². The molecule has 0 aliphatic heterocycles. The molecule has 0 unspecified atom stereocenters. The van der Waals surface area contributed by atoms with Crippen molar-refractivity contribution < 1.29 is 4.84 Å². The van der Waals surface area contributed by atoms with Crippen LogP contribution in [0.1, 0.15) is 34.1 Å². The van der Waals surface area contributed by atoms with Gasteiger partial charge >= 0.3 is 0 Å². The SMILES string of the molecule is CCC[N]OC(C)(C)C. The van der Waals surface area contributed by atoms with Crippen LogP contribution in [0, 0.1) is 0 Å². The third kappa shape index (κ3) is 7.92. The molecule has 0 amide bonds. The summed E-state index contributed by atoms with van der Waals surface area (Å²) in [5, 5.41) is 0. The number of nitrogens with zero attached hydrogens (tertiary/aromatic N) is 1. The van der Waals surface area contributed by atoms with E-state index in [4.69, 9.17) is 4.84 Å². The average Bonchev–Trinajstić information content (AvgIpc) is 1.63. The quantitative estimate of drug-likeness (QED) is 0.421. The summed E-state index contributed by atoms with van der Waals surface area (Å²) in [6.07, 6.45) is 1.05. The van der Waals surface area contributed by atoms with Crippen LogP contribution in [0.5, 0.6) is 0 Å². The second-order valence-corrected chi connectivity index (χ2v) is 3.06. The highest BCUT2D eigenvalue weighted by Crippen LogP contribution is 2.03. The average molecular weight is 130 g/mol. The monoisotopic (exact) mass is 130 g/mol. The number of hydroxylamine groups is 1. The first-order valence-electron chi connectivity index (χ1n) is 3.41. The lowest BCUT2D eigenvalue weighted by atomic mass is 10.2. The molecule has 0 aliphatic rings. The topological polar surface area (TPSA) is 23.3 Å². The summed E-state index contributed by atoms with van der Waals surface area (Å²) in [5.41, 5.74) is 3.75. The number of rotatable bonds is 3. The van der Waals surface area contributed by atoms with Crippen LogP contribution in [0.3, 0.4) is 0 Å². The molecule has 55 valence electrons. The molecular formula is C7H16NO. The molecule has 0 fully saturated rings. The van der Waals surface area contributed by atoms with Crippen molar-refractivity contribution in [2.45, 2.75) is 39.7 Å². The van der Waals surface area contributed by atoms with Crippen LogP contribution in [0.25, 0.3) is 0 Å². The molecule has 1 radical (unpaired) electrons. The Morgan fingerprint density at radius 1 is 1.33 bits per heavy atom. The van der Waals surface area contributed by atoms with Crippen LogP contribution in [0.2, 0.25) is 0 Å². The van der Waals surface area contributed by atoms with Crippen LogP contribution >= 0.6 is 0 Å². The molecule has 0 atom stereocenters. The van der Waals surface area contributed by atoms with Crippen molar-refractivity contribution in [3.05, 3.63) is 0 Å². The van der Waals surface area contributed by atoms with E-state index in [0.29, 0.717) is 0 Å². The molecule has 0 bridgehead atoms. The molecule has 0 heterocycles. The van der Waals surface area contributed by atoms with Crippen molar-refractivity contribution in [2.75, 3.05) is 6.54 Å². The van der Waals surface area contributed by atoms with Gasteiger partial charge in [0, 0.05) is 6.54 Å². The Morgan fingerprint density at radius 2 is 1.89 bits per heavy atom. The van der Waals surface area contributed by atoms with Gasteiger partial charge in [0.25, 0.3) is 0 Å². The lowest BCUT2D eigenvalue weighted by Crippen LogP contribution is -2.24. The van der Waals surface area contributed by atoms with Gasteiger partial charge in [-0.15, -0.1) is 0 Å². The molecule has 2 nitrogen and oxygen atoms in total. The summed E-state index contributed by atoms with van der Waals surface area (Å²) in [4.78, 5) is 5.09. The summed E-state index contributed by atoms with van der Waals surface area (Å²) in [7, 11) is 0. The summed E-state index contributed by atoms with van der Waals surface area (Å²) >= 11 is 0. The van der Waals surface area contributed by atoms with Gasteiger partial charge in [0.2, 0.25) is 0 Å². The summed E-state index contributed by atoms with van der Waals surface area (Å²) in [6.45, 7) is 8.86. The Kier molecular flexibility index (Phi) is 3.82. The molecule has 0 aromatic heterocycles. The van der Waals surface area contributed by atoms with Gasteiger partial charge in [0.1, 0.15) is 0 Å². The third-order valence-corrected chi connectivity index (χ3v) is 0.653. The van der Waals surface area contributed by atoms with E-state index in [1.807, 2.05) is 20.8 Å². The maximum Gasteiger partial charge on any atom is 0.0833 e. The Morgan fingerprint density at radius 3 is 2.22 bits per heavy atom. The predicted molar refractivity (Wildman–Crippen MR) is 38.1 cm³/mol. The predicted octanol–water partition coefficient (Wildman–Crippen LogP) is 1.73. The van der Waals surface area contributed by atoms with E-state index >= 15 is 0 Å². The van der Waals surface area contributed by atoms with Gasteiger partial charge in [0.05, 0.1) is 5.60 Å². The van der Waals surface area contributed by atoms with Crippen molar-refractivity contribution in [3.8, 4) is 0 Å². The first kappa shape index (κ1) is 8.92. The fourth-order valence-corrected chi connectivity index (χ4v) is 0.331. The van der Waals surface area contributed by atoms with E-state index < -0.39 is 0 Å². The standard InChI is InChI=1S/C7H16NO/c1-5-6-8-9-7(2,3)4/h5-6H2,1-4H3. The fourth-order valence-electron chi connectivity index (χ4n) is 0.331. The lowest BCUT2D eigenvalue weighted by Gasteiger charge is -2.16. The Bertz CT molecular complexity index is 65.8. The molecule has 2 heteroatoms. The molecule has 9 heavy (non-hydrogen) atoms. The van der Waals surface area contributed by atoms with Gasteiger partial charge in [0.15, 0.2) is 0 Å². The van der Waals surface area contributed by atoms with Crippen LogP contribution < -0.4 is 5.48 Å². The van der Waals surface area contributed by atoms with E-state index in [1.165, 1.54) is 0 Å². The Balaban J connectivity index is 3.07. The highest BCUT2D eigenvalue weighted by atomic mass is 16.7. The highest BCUT2D eigenvalue weighted by Gasteiger charge is 2.09. The number of hydrogen-bond acceptors (Lipinski definition) is 1. The molecule has 0 saturated heterocycles. The minimum Gasteiger partial charge on any atom is -0.276 e. The summed E-state index contributed by atoms with van der Waals surface area (Å²) < 4.78 is 0. The van der Waals surface area contributed by atoms with E-state index in [-0.39, 0.29) is 5.60 Å². The van der Waals surface area contributed by atoms with Crippen molar-refractivity contribution in [3.63, 3.8) is 0 Å². The van der Waals surface area contributed by atoms with Crippen molar-refractivity contribution in [2.24, 2.45) is 0 Å². The largest absolute Gasteiger partial charge is 0.276 e. The second-order valence-electron chi connectivity index (χ2n) is 3.06. The molecule has 0 aliphatic carbocycles. The van der Waals surface area contributed by atoms with E-state index in [1.54, 1.807) is 0 Å². The molecule has 0 spiro atoms. The first-order valence-corrected chi connectivity index (χ1v) is 3.41. The fraction of sp³-hybridized carbons (Fsp3) is 1.00. The molecule has 0 saturated carbocycles. The van der Waals surface area contributed by atoms with Gasteiger partial charge in [-0.25, -0.2) is 0 Å². The van der Waals surface area contributed by atoms with Gasteiger partial charge in [-0.3, -0.25) is 4.84 Å². The zero-order valence-electron chi connectivity index (χ0n) is 6.77. The highest BCUT2D eigenvalue weighted by molar-refractivity contribution is 4.55. The molecule has 0 rings (SSSR count). The van der Waals surface area contributed by atoms with Gasteiger partial charge in [-0.05, 0) is 27.2 Å². The minimum atomic E-state index is -0.116. The Hall–Kier alpha value is -0.0800. The van der Waals surface area contributed by atoms with Crippen LogP contribution in [0.4, 0.5) is 0 Å². The van der Waals surface area contributed by atoms with Gasteiger partial charge in [-0.1, -0.05) is 12.4 Å². The second kappa shape index (κ2) is 3.85. The molecule has 0 N–H and O–H groups in total. The maximum absolute atomic E-state index is 5.09. The molecule has 0 aromatic carbocycles. The number of hydrogen-bond donors (Lipinski definition) is 0. The summed E-state index contributed by atoms with van der Waals surface area (Å²) in [5.74, 6) is 0. The van der Waals surface area contributed by atoms with Crippen molar-refractivity contribution in [1.82, 2.24) is 5.48 Å². The maximum atomic E-state index is 5.09. The molecule has 0 aromatic rings. The third-order valence-electron chi connectivity index (χ3n) is 0.653. The summed E-state index contributed by atoms with van der Waals surface area (Å²) in [6, 6.07) is 0. The van der Waals surface area contributed by atoms with Gasteiger partial charge < -0.3 is 0 Å².